The van der Waals surface area contributed by atoms with Gasteiger partial charge < -0.3 is 18.0 Å². The van der Waals surface area contributed by atoms with Crippen LogP contribution in [0.5, 0.6) is 0 Å². The van der Waals surface area contributed by atoms with Crippen LogP contribution < -0.4 is 0 Å². The zero-order chi connectivity index (χ0) is 41.9. The van der Waals surface area contributed by atoms with Crippen molar-refractivity contribution >= 4 is 87.4 Å². The Bertz CT molecular complexity index is 3910. The molecule has 14 aromatic rings. The average Bonchev–Trinajstić information content (AvgIpc) is 4.13. The minimum Gasteiger partial charge on any atom is -0.436 e. The summed E-state index contributed by atoms with van der Waals surface area (Å²) in [5, 5.41) is 9.88. The van der Waals surface area contributed by atoms with Crippen molar-refractivity contribution in [2.75, 3.05) is 0 Å². The van der Waals surface area contributed by atoms with Gasteiger partial charge in [0.05, 0.1) is 22.1 Å². The molecule has 0 radical (unpaired) electrons. The number of para-hydroxylation sites is 2. The van der Waals surface area contributed by atoms with Crippen molar-refractivity contribution in [2.45, 2.75) is 0 Å². The summed E-state index contributed by atoms with van der Waals surface area (Å²) in [4.78, 5) is 9.78. The lowest BCUT2D eigenvalue weighted by Crippen LogP contribution is -1.93. The second-order valence-corrected chi connectivity index (χ2v) is 16.6. The highest BCUT2D eigenvalue weighted by Crippen LogP contribution is 2.38. The predicted molar refractivity (Wildman–Crippen MR) is 262 cm³/mol. The Balaban J connectivity index is 0.761. The molecular weight excluding hydrogens is 785 g/mol. The van der Waals surface area contributed by atoms with Crippen LogP contribution in [0, 0.1) is 0 Å². The molecule has 298 valence electrons. The second kappa shape index (κ2) is 13.4. The summed E-state index contributed by atoms with van der Waals surface area (Å²) in [5.41, 5.74) is 13.8. The molecule has 4 aromatic heterocycles. The third kappa shape index (κ3) is 5.33. The van der Waals surface area contributed by atoms with Gasteiger partial charge in [0, 0.05) is 44.0 Å². The van der Waals surface area contributed by atoms with E-state index in [9.17, 15) is 0 Å². The lowest BCUT2D eigenvalue weighted by atomic mass is 10.1. The van der Waals surface area contributed by atoms with E-state index in [2.05, 4.69) is 203 Å². The van der Waals surface area contributed by atoms with Gasteiger partial charge in [0.2, 0.25) is 11.8 Å². The molecule has 0 fully saturated rings. The lowest BCUT2D eigenvalue weighted by molar-refractivity contribution is 0.619. The van der Waals surface area contributed by atoms with Crippen LogP contribution in [0.15, 0.2) is 215 Å². The van der Waals surface area contributed by atoms with Crippen molar-refractivity contribution < 1.29 is 8.83 Å². The van der Waals surface area contributed by atoms with Crippen molar-refractivity contribution in [1.29, 1.82) is 0 Å². The number of oxazole rings is 2. The average molecular weight is 819 g/mol. The van der Waals surface area contributed by atoms with Crippen LogP contribution in [0.3, 0.4) is 0 Å². The molecule has 6 nitrogen and oxygen atoms in total. The largest absolute Gasteiger partial charge is 0.436 e. The van der Waals surface area contributed by atoms with Crippen molar-refractivity contribution in [3.05, 3.63) is 206 Å². The molecule has 0 spiro atoms. The molecular formula is C58H34N4O2. The van der Waals surface area contributed by atoms with Gasteiger partial charge >= 0.3 is 0 Å². The van der Waals surface area contributed by atoms with Crippen molar-refractivity contribution in [3.8, 4) is 45.4 Å². The van der Waals surface area contributed by atoms with Crippen LogP contribution in [0.1, 0.15) is 0 Å². The molecule has 0 unspecified atom stereocenters. The molecule has 0 bridgehead atoms. The van der Waals surface area contributed by atoms with Crippen LogP contribution in [-0.4, -0.2) is 19.1 Å². The van der Waals surface area contributed by atoms with E-state index in [1.165, 1.54) is 65.2 Å². The van der Waals surface area contributed by atoms with Crippen LogP contribution >= 0.6 is 0 Å². The summed E-state index contributed by atoms with van der Waals surface area (Å²) >= 11 is 0. The number of fused-ring (bicyclic) bond motifs is 10. The number of hydrogen-bond donors (Lipinski definition) is 0. The fourth-order valence-corrected chi connectivity index (χ4v) is 9.83. The summed E-state index contributed by atoms with van der Waals surface area (Å²) in [6, 6.07) is 72.8. The van der Waals surface area contributed by atoms with Gasteiger partial charge in [0.1, 0.15) is 11.0 Å². The van der Waals surface area contributed by atoms with Gasteiger partial charge in [0.25, 0.3) is 0 Å². The maximum absolute atomic E-state index is 6.43. The standard InChI is InChI=1S/C58H34N4O2/c1-3-11-39-31-53-47(29-37(39)9-1)45-13-5-7-15-51(45)61(53)43-23-17-35(18-24-43)57-59-49-27-21-41(33-55(49)63-57)42-22-28-50-56(34-42)64-58(60-50)36-19-25-44(26-20-36)62-52-16-8-6-14-46(52)48-30-38-10-2-4-12-40(38)32-54(48)62/h1-34H. The Morgan fingerprint density at radius 1 is 0.297 bits per heavy atom. The van der Waals surface area contributed by atoms with E-state index in [4.69, 9.17) is 18.8 Å². The van der Waals surface area contributed by atoms with Gasteiger partial charge in [-0.05, 0) is 142 Å². The van der Waals surface area contributed by atoms with E-state index in [-0.39, 0.29) is 0 Å². The van der Waals surface area contributed by atoms with E-state index in [0.29, 0.717) is 11.8 Å². The van der Waals surface area contributed by atoms with Gasteiger partial charge in [-0.2, -0.15) is 0 Å². The summed E-state index contributed by atoms with van der Waals surface area (Å²) in [6.07, 6.45) is 0. The van der Waals surface area contributed by atoms with E-state index >= 15 is 0 Å². The maximum Gasteiger partial charge on any atom is 0.227 e. The second-order valence-electron chi connectivity index (χ2n) is 16.6. The Kier molecular flexibility index (Phi) is 7.30. The Morgan fingerprint density at radius 3 is 1.11 bits per heavy atom. The van der Waals surface area contributed by atoms with E-state index in [1.54, 1.807) is 0 Å². The first-order chi connectivity index (χ1) is 31.7. The molecule has 0 aliphatic heterocycles. The highest BCUT2D eigenvalue weighted by atomic mass is 16.4. The molecule has 6 heteroatoms. The topological polar surface area (TPSA) is 61.9 Å². The van der Waals surface area contributed by atoms with Crippen LogP contribution in [0.25, 0.3) is 133 Å². The summed E-state index contributed by atoms with van der Waals surface area (Å²) in [5.74, 6) is 1.17. The minimum absolute atomic E-state index is 0.583. The van der Waals surface area contributed by atoms with Gasteiger partial charge in [-0.1, -0.05) is 97.1 Å². The molecule has 64 heavy (non-hydrogen) atoms. The Labute approximate surface area is 365 Å². The highest BCUT2D eigenvalue weighted by Gasteiger charge is 2.17. The van der Waals surface area contributed by atoms with Gasteiger partial charge in [0.15, 0.2) is 11.2 Å². The monoisotopic (exact) mass is 818 g/mol. The van der Waals surface area contributed by atoms with Crippen molar-refractivity contribution in [3.63, 3.8) is 0 Å². The molecule has 14 rings (SSSR count). The van der Waals surface area contributed by atoms with Crippen LogP contribution in [-0.2, 0) is 0 Å². The van der Waals surface area contributed by atoms with Gasteiger partial charge in [-0.3, -0.25) is 0 Å². The Morgan fingerprint density at radius 2 is 0.672 bits per heavy atom. The summed E-state index contributed by atoms with van der Waals surface area (Å²) < 4.78 is 17.6. The van der Waals surface area contributed by atoms with Gasteiger partial charge in [-0.15, -0.1) is 0 Å². The van der Waals surface area contributed by atoms with Crippen molar-refractivity contribution in [2.24, 2.45) is 0 Å². The number of rotatable bonds is 5. The summed E-state index contributed by atoms with van der Waals surface area (Å²) in [7, 11) is 0. The van der Waals surface area contributed by atoms with Gasteiger partial charge in [-0.25, -0.2) is 9.97 Å². The first kappa shape index (κ1) is 34.9. The molecule has 0 aliphatic carbocycles. The van der Waals surface area contributed by atoms with Crippen LogP contribution in [0.2, 0.25) is 0 Å². The molecule has 4 heterocycles. The molecule has 0 atom stereocenters. The van der Waals surface area contributed by atoms with E-state index in [0.717, 1.165) is 55.8 Å². The highest BCUT2D eigenvalue weighted by molar-refractivity contribution is 6.15. The van der Waals surface area contributed by atoms with Crippen molar-refractivity contribution in [1.82, 2.24) is 19.1 Å². The molecule has 0 saturated carbocycles. The van der Waals surface area contributed by atoms with E-state index in [1.807, 2.05) is 12.1 Å². The SMILES string of the molecule is c1ccc2cc3c(cc2c1)c1ccccc1n3-c1ccc(-c2nc3ccc(-c4ccc5nc(-c6ccc(-n7c8ccccc8c8cc9ccccc9cc87)cc6)oc5c4)cc3o2)cc1. The summed E-state index contributed by atoms with van der Waals surface area (Å²) in [6.45, 7) is 0. The molecule has 10 aromatic carbocycles. The maximum atomic E-state index is 6.43. The molecule has 0 saturated heterocycles. The lowest BCUT2D eigenvalue weighted by Gasteiger charge is -2.09. The Hall–Kier alpha value is -8.74. The molecule has 0 amide bonds. The predicted octanol–water partition coefficient (Wildman–Crippen LogP) is 15.5. The fourth-order valence-electron chi connectivity index (χ4n) is 9.83. The zero-order valence-electron chi connectivity index (χ0n) is 34.2. The number of hydrogen-bond acceptors (Lipinski definition) is 4. The quantitative estimate of drug-likeness (QED) is 0.174. The molecule has 0 aliphatic rings. The number of aromatic nitrogens is 4. The third-order valence-corrected chi connectivity index (χ3v) is 12.9. The fraction of sp³-hybridized carbons (Fsp3) is 0. The van der Waals surface area contributed by atoms with E-state index < -0.39 is 0 Å². The number of benzene rings is 10. The smallest absolute Gasteiger partial charge is 0.227 e. The third-order valence-electron chi connectivity index (χ3n) is 12.9. The van der Waals surface area contributed by atoms with Crippen LogP contribution in [0.4, 0.5) is 0 Å². The first-order valence-electron chi connectivity index (χ1n) is 21.5. The number of nitrogens with zero attached hydrogens (tertiary/aromatic N) is 4. The minimum atomic E-state index is 0.583. The molecule has 0 N–H and O–H groups in total. The zero-order valence-corrected chi connectivity index (χ0v) is 34.2. The normalized spacial score (nSPS) is 12.1. The first-order valence-corrected chi connectivity index (χ1v) is 21.5.